The standard InChI is InChI=1S/C11H17NO3/c13-10(8-6-9(8)11(14)15)12-5-4-7-2-1-3-7/h7-9H,1-6H2,(H,12,13)(H,14,15). The number of carboxylic acids is 1. The molecule has 0 radical (unpaired) electrons. The largest absolute Gasteiger partial charge is 0.481 e. The fourth-order valence-electron chi connectivity index (χ4n) is 2.07. The van der Waals surface area contributed by atoms with E-state index >= 15 is 0 Å². The first-order valence-electron chi connectivity index (χ1n) is 5.69. The van der Waals surface area contributed by atoms with E-state index < -0.39 is 11.9 Å². The molecule has 2 unspecified atom stereocenters. The fraction of sp³-hybridized carbons (Fsp3) is 0.818. The van der Waals surface area contributed by atoms with Gasteiger partial charge >= 0.3 is 5.97 Å². The molecule has 0 saturated heterocycles. The lowest BCUT2D eigenvalue weighted by Gasteiger charge is -2.25. The highest BCUT2D eigenvalue weighted by Gasteiger charge is 2.48. The van der Waals surface area contributed by atoms with E-state index in [1.165, 1.54) is 19.3 Å². The summed E-state index contributed by atoms with van der Waals surface area (Å²) in [6.07, 6.45) is 5.47. The van der Waals surface area contributed by atoms with E-state index in [4.69, 9.17) is 5.11 Å². The lowest BCUT2D eigenvalue weighted by atomic mass is 9.83. The molecule has 2 fully saturated rings. The van der Waals surface area contributed by atoms with Gasteiger partial charge in [0.2, 0.25) is 5.91 Å². The van der Waals surface area contributed by atoms with Crippen LogP contribution in [0.25, 0.3) is 0 Å². The minimum atomic E-state index is -0.839. The van der Waals surface area contributed by atoms with Gasteiger partial charge in [0.25, 0.3) is 0 Å². The van der Waals surface area contributed by atoms with Crippen LogP contribution in [-0.2, 0) is 9.59 Å². The van der Waals surface area contributed by atoms with E-state index in [0.29, 0.717) is 13.0 Å². The van der Waals surface area contributed by atoms with Gasteiger partial charge in [-0.05, 0) is 18.8 Å². The lowest BCUT2D eigenvalue weighted by Crippen LogP contribution is -2.29. The second-order valence-electron chi connectivity index (χ2n) is 4.66. The zero-order chi connectivity index (χ0) is 10.8. The Bertz CT molecular complexity index is 273. The second-order valence-corrected chi connectivity index (χ2v) is 4.66. The first-order chi connectivity index (χ1) is 7.18. The van der Waals surface area contributed by atoms with Crippen LogP contribution in [0, 0.1) is 17.8 Å². The topological polar surface area (TPSA) is 66.4 Å². The first kappa shape index (κ1) is 10.5. The van der Waals surface area contributed by atoms with Gasteiger partial charge in [-0.2, -0.15) is 0 Å². The molecule has 2 N–H and O–H groups in total. The molecule has 4 nitrogen and oxygen atoms in total. The Balaban J connectivity index is 1.59. The number of hydrogen-bond donors (Lipinski definition) is 2. The number of nitrogens with one attached hydrogen (secondary N) is 1. The average molecular weight is 211 g/mol. The Morgan fingerprint density at radius 2 is 2.00 bits per heavy atom. The molecule has 2 rings (SSSR count). The van der Waals surface area contributed by atoms with Gasteiger partial charge in [0, 0.05) is 6.54 Å². The number of aliphatic carboxylic acids is 1. The zero-order valence-electron chi connectivity index (χ0n) is 8.74. The molecule has 0 spiro atoms. The second kappa shape index (κ2) is 4.21. The third-order valence-corrected chi connectivity index (χ3v) is 3.52. The maximum absolute atomic E-state index is 11.4. The minimum absolute atomic E-state index is 0.0678. The number of carbonyl (C=O) groups is 2. The van der Waals surface area contributed by atoms with Gasteiger partial charge in [-0.3, -0.25) is 9.59 Å². The predicted molar refractivity (Wildman–Crippen MR) is 54.2 cm³/mol. The first-order valence-corrected chi connectivity index (χ1v) is 5.69. The van der Waals surface area contributed by atoms with Crippen molar-refractivity contribution < 1.29 is 14.7 Å². The van der Waals surface area contributed by atoms with Crippen LogP contribution in [0.4, 0.5) is 0 Å². The van der Waals surface area contributed by atoms with Crippen LogP contribution < -0.4 is 5.32 Å². The molecular formula is C11H17NO3. The maximum Gasteiger partial charge on any atom is 0.307 e. The molecule has 0 aromatic heterocycles. The highest BCUT2D eigenvalue weighted by atomic mass is 16.4. The molecule has 15 heavy (non-hydrogen) atoms. The molecule has 2 aliphatic carbocycles. The number of rotatable bonds is 5. The van der Waals surface area contributed by atoms with Crippen molar-refractivity contribution in [3.63, 3.8) is 0 Å². The molecule has 84 valence electrons. The normalized spacial score (nSPS) is 29.3. The van der Waals surface area contributed by atoms with Crippen molar-refractivity contribution in [3.05, 3.63) is 0 Å². The fourth-order valence-corrected chi connectivity index (χ4v) is 2.07. The summed E-state index contributed by atoms with van der Waals surface area (Å²) in [5.41, 5.74) is 0. The lowest BCUT2D eigenvalue weighted by molar-refractivity contribution is -0.140. The van der Waals surface area contributed by atoms with E-state index in [2.05, 4.69) is 5.32 Å². The van der Waals surface area contributed by atoms with Gasteiger partial charge < -0.3 is 10.4 Å². The van der Waals surface area contributed by atoms with Crippen LogP contribution in [0.3, 0.4) is 0 Å². The van der Waals surface area contributed by atoms with E-state index in [-0.39, 0.29) is 11.8 Å². The van der Waals surface area contributed by atoms with Crippen LogP contribution >= 0.6 is 0 Å². The van der Waals surface area contributed by atoms with Crippen molar-refractivity contribution in [2.75, 3.05) is 6.54 Å². The number of carbonyl (C=O) groups excluding carboxylic acids is 1. The van der Waals surface area contributed by atoms with Crippen LogP contribution in [0.1, 0.15) is 32.1 Å². The average Bonchev–Trinajstić information content (AvgIpc) is 2.87. The molecule has 2 atom stereocenters. The van der Waals surface area contributed by atoms with Crippen molar-refractivity contribution >= 4 is 11.9 Å². The van der Waals surface area contributed by atoms with Gasteiger partial charge in [0.1, 0.15) is 0 Å². The molecule has 0 heterocycles. The van der Waals surface area contributed by atoms with E-state index in [9.17, 15) is 9.59 Å². The summed E-state index contributed by atoms with van der Waals surface area (Å²) in [5.74, 6) is -0.798. The SMILES string of the molecule is O=C(O)C1CC1C(=O)NCCC1CCC1. The summed E-state index contributed by atoms with van der Waals surface area (Å²) in [4.78, 5) is 22.0. The number of hydrogen-bond acceptors (Lipinski definition) is 2. The molecule has 0 aromatic rings. The summed E-state index contributed by atoms with van der Waals surface area (Å²) in [5, 5.41) is 11.5. The smallest absolute Gasteiger partial charge is 0.307 e. The van der Waals surface area contributed by atoms with Gasteiger partial charge in [0.05, 0.1) is 11.8 Å². The highest BCUT2D eigenvalue weighted by molar-refractivity contribution is 5.89. The number of amides is 1. The minimum Gasteiger partial charge on any atom is -0.481 e. The monoisotopic (exact) mass is 211 g/mol. The van der Waals surface area contributed by atoms with Crippen molar-refractivity contribution in [1.82, 2.24) is 5.32 Å². The molecule has 0 bridgehead atoms. The molecule has 2 aliphatic rings. The molecule has 4 heteroatoms. The Labute approximate surface area is 89.0 Å². The summed E-state index contributed by atoms with van der Waals surface area (Å²) in [6, 6.07) is 0. The van der Waals surface area contributed by atoms with Gasteiger partial charge in [-0.15, -0.1) is 0 Å². The Hall–Kier alpha value is -1.06. The van der Waals surface area contributed by atoms with Crippen LogP contribution in [0.2, 0.25) is 0 Å². The molecule has 0 aliphatic heterocycles. The Morgan fingerprint density at radius 1 is 1.27 bits per heavy atom. The maximum atomic E-state index is 11.4. The molecule has 1 amide bonds. The number of carboxylic acid groups (broad SMARTS) is 1. The van der Waals surface area contributed by atoms with Crippen molar-refractivity contribution in [3.8, 4) is 0 Å². The molecular weight excluding hydrogens is 194 g/mol. The van der Waals surface area contributed by atoms with Crippen LogP contribution in [-0.4, -0.2) is 23.5 Å². The van der Waals surface area contributed by atoms with Crippen LogP contribution in [0.15, 0.2) is 0 Å². The third-order valence-electron chi connectivity index (χ3n) is 3.52. The van der Waals surface area contributed by atoms with E-state index in [1.807, 2.05) is 0 Å². The summed E-state index contributed by atoms with van der Waals surface area (Å²) in [6.45, 7) is 0.715. The van der Waals surface area contributed by atoms with Crippen molar-refractivity contribution in [1.29, 1.82) is 0 Å². The Morgan fingerprint density at radius 3 is 2.47 bits per heavy atom. The summed E-state index contributed by atoms with van der Waals surface area (Å²) < 4.78 is 0. The van der Waals surface area contributed by atoms with Crippen LogP contribution in [0.5, 0.6) is 0 Å². The quantitative estimate of drug-likeness (QED) is 0.713. The van der Waals surface area contributed by atoms with E-state index in [0.717, 1.165) is 12.3 Å². The van der Waals surface area contributed by atoms with Crippen molar-refractivity contribution in [2.45, 2.75) is 32.1 Å². The van der Waals surface area contributed by atoms with Crippen molar-refractivity contribution in [2.24, 2.45) is 17.8 Å². The Kier molecular flexibility index (Phi) is 2.93. The molecule has 0 aromatic carbocycles. The third kappa shape index (κ3) is 2.49. The summed E-state index contributed by atoms with van der Waals surface area (Å²) >= 11 is 0. The van der Waals surface area contributed by atoms with E-state index in [1.54, 1.807) is 0 Å². The van der Waals surface area contributed by atoms with Gasteiger partial charge in [-0.1, -0.05) is 19.3 Å². The molecule has 2 saturated carbocycles. The zero-order valence-corrected chi connectivity index (χ0v) is 8.74. The van der Waals surface area contributed by atoms with Gasteiger partial charge in [-0.25, -0.2) is 0 Å². The highest BCUT2D eigenvalue weighted by Crippen LogP contribution is 2.38. The predicted octanol–water partition coefficient (Wildman–Crippen LogP) is 1.01. The van der Waals surface area contributed by atoms with Gasteiger partial charge in [0.15, 0.2) is 0 Å². The summed E-state index contributed by atoms with van der Waals surface area (Å²) in [7, 11) is 0.